The summed E-state index contributed by atoms with van der Waals surface area (Å²) >= 11 is 1.41. The second-order valence-corrected chi connectivity index (χ2v) is 7.55. The number of hydrogen-bond donors (Lipinski definition) is 2. The predicted octanol–water partition coefficient (Wildman–Crippen LogP) is 3.52. The lowest BCUT2D eigenvalue weighted by molar-refractivity contribution is -0.122. The predicted molar refractivity (Wildman–Crippen MR) is 110 cm³/mol. The molecule has 2 amide bonds. The zero-order valence-electron chi connectivity index (χ0n) is 16.2. The Labute approximate surface area is 165 Å². The lowest BCUT2D eigenvalue weighted by atomic mass is 10.2. The van der Waals surface area contributed by atoms with E-state index in [1.165, 1.54) is 16.2 Å². The molecule has 1 heterocycles. The molecule has 2 rings (SSSR count). The number of carbonyl (C=O) groups excluding carboxylic acids is 2. The minimum atomic E-state index is -0.238. The molecule has 1 aromatic carbocycles. The highest BCUT2D eigenvalue weighted by molar-refractivity contribution is 7.13. The molecular weight excluding hydrogens is 360 g/mol. The monoisotopic (exact) mass is 388 g/mol. The van der Waals surface area contributed by atoms with Gasteiger partial charge in [0, 0.05) is 24.5 Å². The Morgan fingerprint density at radius 2 is 1.96 bits per heavy atom. The van der Waals surface area contributed by atoms with E-state index in [2.05, 4.69) is 22.5 Å². The number of rotatable bonds is 10. The van der Waals surface area contributed by atoms with Crippen LogP contribution in [0.1, 0.15) is 49.7 Å². The van der Waals surface area contributed by atoms with Gasteiger partial charge in [0.1, 0.15) is 12.2 Å². The van der Waals surface area contributed by atoms with Crippen LogP contribution in [0.15, 0.2) is 35.7 Å². The first kappa shape index (κ1) is 20.9. The Morgan fingerprint density at radius 1 is 1.22 bits per heavy atom. The van der Waals surface area contributed by atoms with E-state index in [0.29, 0.717) is 12.2 Å². The van der Waals surface area contributed by atoms with Crippen LogP contribution in [0.5, 0.6) is 0 Å². The fourth-order valence-corrected chi connectivity index (χ4v) is 3.24. The quantitative estimate of drug-likeness (QED) is 0.611. The van der Waals surface area contributed by atoms with Gasteiger partial charge in [-0.1, -0.05) is 43.7 Å². The fraction of sp³-hybridized carbons (Fsp3) is 0.450. The van der Waals surface area contributed by atoms with Crippen molar-refractivity contribution in [2.75, 3.05) is 18.4 Å². The Hall–Kier alpha value is -2.41. The van der Waals surface area contributed by atoms with Gasteiger partial charge in [0.15, 0.2) is 5.13 Å². The van der Waals surface area contributed by atoms with Gasteiger partial charge in [-0.25, -0.2) is 4.98 Å². The van der Waals surface area contributed by atoms with Crippen molar-refractivity contribution in [1.82, 2.24) is 15.2 Å². The van der Waals surface area contributed by atoms with Crippen LogP contribution in [0.25, 0.3) is 0 Å². The van der Waals surface area contributed by atoms with Gasteiger partial charge in [-0.05, 0) is 25.8 Å². The first-order valence-corrected chi connectivity index (χ1v) is 10.2. The highest BCUT2D eigenvalue weighted by atomic mass is 32.1. The van der Waals surface area contributed by atoms with Gasteiger partial charge in [-0.15, -0.1) is 11.3 Å². The molecule has 0 saturated carbocycles. The van der Waals surface area contributed by atoms with E-state index >= 15 is 0 Å². The summed E-state index contributed by atoms with van der Waals surface area (Å²) in [5.74, 6) is -0.414. The molecule has 0 spiro atoms. The second kappa shape index (κ2) is 10.7. The molecule has 0 saturated heterocycles. The summed E-state index contributed by atoms with van der Waals surface area (Å²) in [5, 5.41) is 8.55. The highest BCUT2D eigenvalue weighted by Gasteiger charge is 2.22. The molecule has 1 aromatic heterocycles. The van der Waals surface area contributed by atoms with Crippen LogP contribution in [-0.2, 0) is 11.3 Å². The smallest absolute Gasteiger partial charge is 0.274 e. The molecule has 0 unspecified atom stereocenters. The number of amides is 2. The fourth-order valence-electron chi connectivity index (χ4n) is 2.53. The summed E-state index contributed by atoms with van der Waals surface area (Å²) in [6.45, 7) is 7.12. The first-order chi connectivity index (χ1) is 13.0. The molecular formula is C20H28N4O2S. The summed E-state index contributed by atoms with van der Waals surface area (Å²) in [4.78, 5) is 31.1. The van der Waals surface area contributed by atoms with Crippen molar-refractivity contribution in [2.24, 2.45) is 0 Å². The summed E-state index contributed by atoms with van der Waals surface area (Å²) in [5.41, 5.74) is 1.34. The number of thiazole rings is 1. The van der Waals surface area contributed by atoms with Crippen molar-refractivity contribution in [3.8, 4) is 0 Å². The van der Waals surface area contributed by atoms with Crippen molar-refractivity contribution in [3.63, 3.8) is 0 Å². The van der Waals surface area contributed by atoms with Crippen molar-refractivity contribution in [3.05, 3.63) is 47.0 Å². The first-order valence-electron chi connectivity index (χ1n) is 9.31. The zero-order chi connectivity index (χ0) is 19.6. The number of benzene rings is 1. The maximum atomic E-state index is 13.0. The molecule has 0 bridgehead atoms. The zero-order valence-corrected chi connectivity index (χ0v) is 17.0. The lowest BCUT2D eigenvalue weighted by Crippen LogP contribution is -2.42. The molecule has 0 aliphatic rings. The molecule has 2 N–H and O–H groups in total. The third kappa shape index (κ3) is 7.02. The number of unbranched alkanes of at least 4 members (excludes halogenated alkanes) is 1. The van der Waals surface area contributed by atoms with Crippen LogP contribution in [0, 0.1) is 0 Å². The van der Waals surface area contributed by atoms with E-state index in [0.717, 1.165) is 30.1 Å². The number of nitrogens with one attached hydrogen (secondary N) is 2. The van der Waals surface area contributed by atoms with Crippen LogP contribution in [-0.4, -0.2) is 40.8 Å². The van der Waals surface area contributed by atoms with Crippen LogP contribution in [0.2, 0.25) is 0 Å². The van der Waals surface area contributed by atoms with Crippen LogP contribution < -0.4 is 10.6 Å². The topological polar surface area (TPSA) is 74.3 Å². The van der Waals surface area contributed by atoms with E-state index in [1.54, 1.807) is 5.38 Å². The minimum absolute atomic E-state index is 0.00201. The van der Waals surface area contributed by atoms with Crippen molar-refractivity contribution in [1.29, 1.82) is 0 Å². The molecule has 6 nitrogen and oxygen atoms in total. The largest absolute Gasteiger partial charge is 0.362 e. The van der Waals surface area contributed by atoms with Crippen LogP contribution in [0.3, 0.4) is 0 Å². The van der Waals surface area contributed by atoms with Gasteiger partial charge in [0.2, 0.25) is 5.91 Å². The summed E-state index contributed by atoms with van der Waals surface area (Å²) in [6, 6.07) is 9.68. The molecule has 27 heavy (non-hydrogen) atoms. The Kier molecular flexibility index (Phi) is 8.26. The molecule has 0 aliphatic carbocycles. The van der Waals surface area contributed by atoms with Gasteiger partial charge in [-0.2, -0.15) is 0 Å². The third-order valence-electron chi connectivity index (χ3n) is 3.82. The van der Waals surface area contributed by atoms with E-state index in [4.69, 9.17) is 0 Å². The average molecular weight is 389 g/mol. The van der Waals surface area contributed by atoms with E-state index in [9.17, 15) is 9.59 Å². The van der Waals surface area contributed by atoms with Crippen LogP contribution in [0.4, 0.5) is 5.13 Å². The standard InChI is InChI=1S/C20H28N4O2S/c1-4-5-11-21-20-23-17(14-27-20)19(26)24(13-18(25)22-15(2)3)12-16-9-7-6-8-10-16/h6-10,14-15H,4-5,11-13H2,1-3H3,(H,21,23)(H,22,25). The molecule has 2 aromatic rings. The Bertz CT molecular complexity index is 731. The third-order valence-corrected chi connectivity index (χ3v) is 4.62. The number of anilines is 1. The van der Waals surface area contributed by atoms with E-state index in [-0.39, 0.29) is 24.4 Å². The van der Waals surface area contributed by atoms with Gasteiger partial charge in [0.25, 0.3) is 5.91 Å². The highest BCUT2D eigenvalue weighted by Crippen LogP contribution is 2.18. The van der Waals surface area contributed by atoms with Crippen molar-refractivity contribution < 1.29 is 9.59 Å². The Morgan fingerprint density at radius 3 is 2.63 bits per heavy atom. The van der Waals surface area contributed by atoms with Crippen molar-refractivity contribution in [2.45, 2.75) is 46.2 Å². The molecule has 0 fully saturated rings. The van der Waals surface area contributed by atoms with E-state index in [1.807, 2.05) is 44.2 Å². The number of hydrogen-bond acceptors (Lipinski definition) is 5. The minimum Gasteiger partial charge on any atom is -0.362 e. The number of aromatic nitrogens is 1. The maximum Gasteiger partial charge on any atom is 0.274 e. The SMILES string of the molecule is CCCCNc1nc(C(=O)N(CC(=O)NC(C)C)Cc2ccccc2)cs1. The maximum absolute atomic E-state index is 13.0. The lowest BCUT2D eigenvalue weighted by Gasteiger charge is -2.22. The van der Waals surface area contributed by atoms with Gasteiger partial charge in [0.05, 0.1) is 0 Å². The molecule has 0 radical (unpaired) electrons. The van der Waals surface area contributed by atoms with Crippen LogP contribution >= 0.6 is 11.3 Å². The summed E-state index contributed by atoms with van der Waals surface area (Å²) in [7, 11) is 0. The van der Waals surface area contributed by atoms with E-state index < -0.39 is 0 Å². The molecule has 7 heteroatoms. The molecule has 0 aliphatic heterocycles. The average Bonchev–Trinajstić information content (AvgIpc) is 3.10. The summed E-state index contributed by atoms with van der Waals surface area (Å²) in [6.07, 6.45) is 2.15. The molecule has 0 atom stereocenters. The van der Waals surface area contributed by atoms with Crippen molar-refractivity contribution >= 4 is 28.3 Å². The second-order valence-electron chi connectivity index (χ2n) is 6.69. The Balaban J connectivity index is 2.11. The van der Waals surface area contributed by atoms with Gasteiger partial charge in [-0.3, -0.25) is 9.59 Å². The molecule has 146 valence electrons. The van der Waals surface area contributed by atoms with Gasteiger partial charge < -0.3 is 15.5 Å². The summed E-state index contributed by atoms with van der Waals surface area (Å²) < 4.78 is 0. The van der Waals surface area contributed by atoms with Gasteiger partial charge >= 0.3 is 0 Å². The number of nitrogens with zero attached hydrogens (tertiary/aromatic N) is 2. The normalized spacial score (nSPS) is 10.7. The number of carbonyl (C=O) groups is 2.